The first-order valence-corrected chi connectivity index (χ1v) is 8.91. The number of carbonyl (C=O) groups excluding carboxylic acids is 2. The molecule has 28 heavy (non-hydrogen) atoms. The summed E-state index contributed by atoms with van der Waals surface area (Å²) in [7, 11) is 0. The highest BCUT2D eigenvalue weighted by molar-refractivity contribution is 6.09. The first-order chi connectivity index (χ1) is 13.6. The number of hydrogen-bond acceptors (Lipinski definition) is 4. The van der Waals surface area contributed by atoms with Crippen LogP contribution in [0.4, 0.5) is 0 Å². The quantitative estimate of drug-likeness (QED) is 0.390. The summed E-state index contributed by atoms with van der Waals surface area (Å²) in [6.07, 6.45) is 3.81. The van der Waals surface area contributed by atoms with Crippen LogP contribution in [0.25, 0.3) is 5.65 Å². The Morgan fingerprint density at radius 2 is 1.54 bits per heavy atom. The normalized spacial score (nSPS) is 10.8. The first kappa shape index (κ1) is 17.7. The van der Waals surface area contributed by atoms with E-state index in [0.29, 0.717) is 22.4 Å². The van der Waals surface area contributed by atoms with Crippen molar-refractivity contribution in [2.75, 3.05) is 0 Å². The number of aromatic nitrogens is 2. The van der Waals surface area contributed by atoms with Gasteiger partial charge in [0.15, 0.2) is 5.78 Å². The molecule has 2 aromatic heterocycles. The number of ketones is 1. The molecule has 0 aliphatic rings. The maximum atomic E-state index is 12.4. The van der Waals surface area contributed by atoms with Crippen LogP contribution in [0, 0.1) is 6.92 Å². The first-order valence-electron chi connectivity index (χ1n) is 8.91. The molecule has 0 radical (unpaired) electrons. The van der Waals surface area contributed by atoms with Crippen molar-refractivity contribution in [3.63, 3.8) is 0 Å². The fourth-order valence-electron chi connectivity index (χ4n) is 2.96. The van der Waals surface area contributed by atoms with E-state index in [1.54, 1.807) is 36.4 Å². The van der Waals surface area contributed by atoms with Crippen LogP contribution in [0.3, 0.4) is 0 Å². The molecule has 0 saturated carbocycles. The van der Waals surface area contributed by atoms with Crippen LogP contribution in [0.1, 0.15) is 37.5 Å². The van der Waals surface area contributed by atoms with E-state index in [0.717, 1.165) is 11.2 Å². The standard InChI is InChI=1S/C23H18N2O3/c1-16-7-12-21-24-20(14-25(21)13-16)15-28-23(27)19-10-8-18(9-11-19)22(26)17-5-3-2-4-6-17/h2-14H,15H2,1H3. The molecule has 0 spiro atoms. The maximum absolute atomic E-state index is 12.4. The van der Waals surface area contributed by atoms with Crippen LogP contribution in [-0.2, 0) is 11.3 Å². The average Bonchev–Trinajstić information content (AvgIpc) is 3.14. The number of carbonyl (C=O) groups is 2. The lowest BCUT2D eigenvalue weighted by Gasteiger charge is -2.05. The molecular weight excluding hydrogens is 352 g/mol. The third kappa shape index (κ3) is 3.69. The number of benzene rings is 2. The molecule has 4 aromatic rings. The van der Waals surface area contributed by atoms with E-state index < -0.39 is 5.97 Å². The lowest BCUT2D eigenvalue weighted by atomic mass is 10.0. The fourth-order valence-corrected chi connectivity index (χ4v) is 2.96. The van der Waals surface area contributed by atoms with Crippen LogP contribution >= 0.6 is 0 Å². The number of pyridine rings is 1. The van der Waals surface area contributed by atoms with Gasteiger partial charge in [-0.3, -0.25) is 4.79 Å². The van der Waals surface area contributed by atoms with Crippen molar-refractivity contribution < 1.29 is 14.3 Å². The Bertz CT molecular complexity index is 1150. The Kier molecular flexibility index (Phi) is 4.72. The van der Waals surface area contributed by atoms with Crippen LogP contribution in [0.5, 0.6) is 0 Å². The number of aryl methyl sites for hydroxylation is 1. The zero-order valence-corrected chi connectivity index (χ0v) is 15.3. The lowest BCUT2D eigenvalue weighted by molar-refractivity contribution is 0.0468. The monoisotopic (exact) mass is 370 g/mol. The van der Waals surface area contributed by atoms with E-state index in [-0.39, 0.29) is 12.4 Å². The Morgan fingerprint density at radius 3 is 2.29 bits per heavy atom. The number of fused-ring (bicyclic) bond motifs is 1. The minimum atomic E-state index is -0.452. The molecule has 0 saturated heterocycles. The van der Waals surface area contributed by atoms with Crippen LogP contribution in [0.15, 0.2) is 79.1 Å². The van der Waals surface area contributed by atoms with Gasteiger partial charge in [-0.1, -0.05) is 48.5 Å². The fraction of sp³-hybridized carbons (Fsp3) is 0.0870. The molecule has 2 heterocycles. The van der Waals surface area contributed by atoms with Gasteiger partial charge in [0.1, 0.15) is 12.3 Å². The van der Waals surface area contributed by atoms with Crippen molar-refractivity contribution in [1.82, 2.24) is 9.38 Å². The van der Waals surface area contributed by atoms with Crippen LogP contribution < -0.4 is 0 Å². The lowest BCUT2D eigenvalue weighted by Crippen LogP contribution is -2.07. The predicted molar refractivity (Wildman–Crippen MR) is 105 cm³/mol. The van der Waals surface area contributed by atoms with E-state index in [9.17, 15) is 9.59 Å². The number of hydrogen-bond donors (Lipinski definition) is 0. The molecule has 5 nitrogen and oxygen atoms in total. The summed E-state index contributed by atoms with van der Waals surface area (Å²) in [5.74, 6) is -0.535. The summed E-state index contributed by atoms with van der Waals surface area (Å²) < 4.78 is 7.26. The van der Waals surface area contributed by atoms with Crippen LogP contribution in [0.2, 0.25) is 0 Å². The van der Waals surface area contributed by atoms with E-state index in [1.807, 2.05) is 54.0 Å². The molecule has 4 rings (SSSR count). The zero-order chi connectivity index (χ0) is 19.5. The number of rotatable bonds is 5. The Morgan fingerprint density at radius 1 is 0.857 bits per heavy atom. The summed E-state index contributed by atoms with van der Waals surface area (Å²) in [5.41, 5.74) is 4.14. The SMILES string of the molecule is Cc1ccc2nc(COC(=O)c3ccc(C(=O)c4ccccc4)cc3)cn2c1. The number of ether oxygens (including phenoxy) is 1. The largest absolute Gasteiger partial charge is 0.456 e. The van der Waals surface area contributed by atoms with Crippen molar-refractivity contribution in [3.05, 3.63) is 107 Å². The molecule has 0 amide bonds. The maximum Gasteiger partial charge on any atom is 0.338 e. The molecule has 0 fully saturated rings. The molecule has 138 valence electrons. The molecule has 0 N–H and O–H groups in total. The highest BCUT2D eigenvalue weighted by atomic mass is 16.5. The minimum absolute atomic E-state index is 0.0829. The van der Waals surface area contributed by atoms with Crippen molar-refractivity contribution in [1.29, 1.82) is 0 Å². The van der Waals surface area contributed by atoms with Gasteiger partial charge in [0.25, 0.3) is 0 Å². The number of nitrogens with zero attached hydrogens (tertiary/aromatic N) is 2. The van der Waals surface area contributed by atoms with Crippen molar-refractivity contribution in [2.45, 2.75) is 13.5 Å². The summed E-state index contributed by atoms with van der Waals surface area (Å²) in [6.45, 7) is 2.09. The Hall–Kier alpha value is -3.73. The molecular formula is C23H18N2O3. The highest BCUT2D eigenvalue weighted by Crippen LogP contribution is 2.13. The van der Waals surface area contributed by atoms with E-state index in [1.165, 1.54) is 0 Å². The number of imidazole rings is 1. The summed E-state index contributed by atoms with van der Waals surface area (Å²) in [6, 6.07) is 19.4. The van der Waals surface area contributed by atoms with Crippen LogP contribution in [-0.4, -0.2) is 21.1 Å². The molecule has 5 heteroatoms. The second-order valence-electron chi connectivity index (χ2n) is 6.55. The van der Waals surface area contributed by atoms with Gasteiger partial charge in [-0.05, 0) is 30.7 Å². The van der Waals surface area contributed by atoms with Gasteiger partial charge >= 0.3 is 5.97 Å². The van der Waals surface area contributed by atoms with Gasteiger partial charge in [-0.25, -0.2) is 9.78 Å². The Balaban J connectivity index is 1.42. The zero-order valence-electron chi connectivity index (χ0n) is 15.3. The summed E-state index contributed by atoms with van der Waals surface area (Å²) >= 11 is 0. The van der Waals surface area contributed by atoms with E-state index in [2.05, 4.69) is 4.98 Å². The number of esters is 1. The van der Waals surface area contributed by atoms with Gasteiger partial charge in [0.05, 0.1) is 11.3 Å². The van der Waals surface area contributed by atoms with Gasteiger partial charge in [-0.2, -0.15) is 0 Å². The van der Waals surface area contributed by atoms with Gasteiger partial charge in [0, 0.05) is 23.5 Å². The molecule has 2 aromatic carbocycles. The minimum Gasteiger partial charge on any atom is -0.456 e. The smallest absolute Gasteiger partial charge is 0.338 e. The second kappa shape index (κ2) is 7.48. The topological polar surface area (TPSA) is 60.7 Å². The highest BCUT2D eigenvalue weighted by Gasteiger charge is 2.12. The molecule has 0 aliphatic heterocycles. The molecule has 0 bridgehead atoms. The Labute approximate surface area is 162 Å². The summed E-state index contributed by atoms with van der Waals surface area (Å²) in [4.78, 5) is 29.1. The average molecular weight is 370 g/mol. The summed E-state index contributed by atoms with van der Waals surface area (Å²) in [5, 5.41) is 0. The predicted octanol–water partition coefficient (Wildman–Crippen LogP) is 4.23. The van der Waals surface area contributed by atoms with Gasteiger partial charge in [-0.15, -0.1) is 0 Å². The van der Waals surface area contributed by atoms with Crippen molar-refractivity contribution in [2.24, 2.45) is 0 Å². The van der Waals surface area contributed by atoms with Crippen molar-refractivity contribution >= 4 is 17.4 Å². The third-order valence-corrected chi connectivity index (χ3v) is 4.42. The van der Waals surface area contributed by atoms with E-state index >= 15 is 0 Å². The molecule has 0 atom stereocenters. The second-order valence-corrected chi connectivity index (χ2v) is 6.55. The molecule has 0 aliphatic carbocycles. The van der Waals surface area contributed by atoms with E-state index in [4.69, 9.17) is 4.74 Å². The molecule has 0 unspecified atom stereocenters. The van der Waals surface area contributed by atoms with Gasteiger partial charge < -0.3 is 9.14 Å². The third-order valence-electron chi connectivity index (χ3n) is 4.42. The van der Waals surface area contributed by atoms with Gasteiger partial charge in [0.2, 0.25) is 0 Å². The van der Waals surface area contributed by atoms with Crippen molar-refractivity contribution in [3.8, 4) is 0 Å².